The van der Waals surface area contributed by atoms with E-state index in [1.54, 1.807) is 0 Å². The van der Waals surface area contributed by atoms with Crippen LogP contribution in [-0.2, 0) is 9.53 Å². The number of amides is 1. The zero-order valence-corrected chi connectivity index (χ0v) is 13.3. The SMILES string of the molecule is CC1C(NC(=O)OC(C)(C)C)CCC(C(=O)O)C1(C)C. The molecule has 0 aromatic heterocycles. The number of aliphatic carboxylic acids is 1. The van der Waals surface area contributed by atoms with Crippen LogP contribution >= 0.6 is 0 Å². The van der Waals surface area contributed by atoms with Gasteiger partial charge in [0.05, 0.1) is 5.92 Å². The molecule has 1 amide bonds. The van der Waals surface area contributed by atoms with Crippen molar-refractivity contribution in [3.8, 4) is 0 Å². The van der Waals surface area contributed by atoms with Gasteiger partial charge in [-0.1, -0.05) is 20.8 Å². The number of hydrogen-bond donors (Lipinski definition) is 2. The van der Waals surface area contributed by atoms with Gasteiger partial charge in [-0.3, -0.25) is 4.79 Å². The standard InChI is InChI=1S/C15H27NO4/c1-9-11(16-13(19)20-14(2,3)4)8-7-10(12(17)18)15(9,5)6/h9-11H,7-8H2,1-6H3,(H,16,19)(H,17,18). The van der Waals surface area contributed by atoms with Crippen LogP contribution in [0.1, 0.15) is 54.4 Å². The summed E-state index contributed by atoms with van der Waals surface area (Å²) in [5.41, 5.74) is -0.884. The molecule has 0 bridgehead atoms. The Morgan fingerprint density at radius 2 is 1.80 bits per heavy atom. The van der Waals surface area contributed by atoms with Gasteiger partial charge in [0.1, 0.15) is 5.60 Å². The molecule has 1 aliphatic rings. The minimum absolute atomic E-state index is 0.0459. The summed E-state index contributed by atoms with van der Waals surface area (Å²) >= 11 is 0. The number of carbonyl (C=O) groups is 2. The van der Waals surface area contributed by atoms with E-state index in [9.17, 15) is 14.7 Å². The monoisotopic (exact) mass is 285 g/mol. The molecule has 1 fully saturated rings. The van der Waals surface area contributed by atoms with E-state index in [0.717, 1.165) is 0 Å². The Labute approximate surface area is 121 Å². The summed E-state index contributed by atoms with van der Waals surface area (Å²) in [7, 11) is 0. The molecule has 0 aromatic carbocycles. The summed E-state index contributed by atoms with van der Waals surface area (Å²) in [6, 6.07) is -0.0459. The molecule has 0 heterocycles. The Morgan fingerprint density at radius 3 is 2.25 bits per heavy atom. The van der Waals surface area contributed by atoms with Gasteiger partial charge in [0.25, 0.3) is 0 Å². The lowest BCUT2D eigenvalue weighted by atomic mass is 9.61. The third-order valence-electron chi connectivity index (χ3n) is 4.44. The number of carbonyl (C=O) groups excluding carboxylic acids is 1. The second-order valence-corrected chi connectivity index (χ2v) is 7.33. The summed E-state index contributed by atoms with van der Waals surface area (Å²) in [4.78, 5) is 23.2. The highest BCUT2D eigenvalue weighted by molar-refractivity contribution is 5.71. The van der Waals surface area contributed by atoms with Gasteiger partial charge in [0.15, 0.2) is 0 Å². The van der Waals surface area contributed by atoms with Crippen molar-refractivity contribution >= 4 is 12.1 Å². The quantitative estimate of drug-likeness (QED) is 0.817. The van der Waals surface area contributed by atoms with Crippen LogP contribution in [0.5, 0.6) is 0 Å². The summed E-state index contributed by atoms with van der Waals surface area (Å²) in [5.74, 6) is -1.04. The fourth-order valence-corrected chi connectivity index (χ4v) is 2.90. The van der Waals surface area contributed by atoms with E-state index < -0.39 is 17.7 Å². The van der Waals surface area contributed by atoms with Crippen LogP contribution in [0.25, 0.3) is 0 Å². The summed E-state index contributed by atoms with van der Waals surface area (Å²) in [6.07, 6.45) is 0.812. The molecule has 1 aliphatic carbocycles. The minimum Gasteiger partial charge on any atom is -0.481 e. The molecule has 0 radical (unpaired) electrons. The Hall–Kier alpha value is -1.26. The molecule has 0 spiro atoms. The highest BCUT2D eigenvalue weighted by Gasteiger charge is 2.46. The summed E-state index contributed by atoms with van der Waals surface area (Å²) in [6.45, 7) is 11.4. The van der Waals surface area contributed by atoms with Crippen molar-refractivity contribution < 1.29 is 19.4 Å². The number of hydrogen-bond acceptors (Lipinski definition) is 3. The molecular formula is C15H27NO4. The van der Waals surface area contributed by atoms with Gasteiger partial charge in [-0.15, -0.1) is 0 Å². The van der Waals surface area contributed by atoms with Crippen LogP contribution in [0, 0.1) is 17.3 Å². The normalized spacial score (nSPS) is 29.6. The first kappa shape index (κ1) is 16.8. The van der Waals surface area contributed by atoms with E-state index in [1.807, 2.05) is 41.5 Å². The summed E-state index contributed by atoms with van der Waals surface area (Å²) in [5, 5.41) is 12.2. The topological polar surface area (TPSA) is 75.6 Å². The van der Waals surface area contributed by atoms with Crippen molar-refractivity contribution in [1.29, 1.82) is 0 Å². The second-order valence-electron chi connectivity index (χ2n) is 7.33. The van der Waals surface area contributed by atoms with Crippen molar-refractivity contribution in [2.75, 3.05) is 0 Å². The maximum Gasteiger partial charge on any atom is 0.407 e. The van der Waals surface area contributed by atoms with Crippen molar-refractivity contribution in [2.24, 2.45) is 17.3 Å². The van der Waals surface area contributed by atoms with Crippen molar-refractivity contribution in [2.45, 2.75) is 66.0 Å². The molecule has 116 valence electrons. The van der Waals surface area contributed by atoms with E-state index >= 15 is 0 Å². The highest BCUT2D eigenvalue weighted by atomic mass is 16.6. The third-order valence-corrected chi connectivity index (χ3v) is 4.44. The van der Waals surface area contributed by atoms with Crippen molar-refractivity contribution in [1.82, 2.24) is 5.32 Å². The maximum absolute atomic E-state index is 11.8. The molecule has 1 rings (SSSR count). The molecule has 0 aliphatic heterocycles. The lowest BCUT2D eigenvalue weighted by molar-refractivity contribution is -0.150. The number of nitrogens with one attached hydrogen (secondary N) is 1. The fraction of sp³-hybridized carbons (Fsp3) is 0.867. The first-order chi connectivity index (χ1) is 8.95. The smallest absolute Gasteiger partial charge is 0.407 e. The molecule has 2 N–H and O–H groups in total. The van der Waals surface area contributed by atoms with Crippen LogP contribution in [-0.4, -0.2) is 28.8 Å². The zero-order valence-electron chi connectivity index (χ0n) is 13.3. The number of rotatable bonds is 2. The molecule has 1 saturated carbocycles. The van der Waals surface area contributed by atoms with E-state index in [1.165, 1.54) is 0 Å². The molecular weight excluding hydrogens is 258 g/mol. The first-order valence-corrected chi connectivity index (χ1v) is 7.17. The number of alkyl carbamates (subject to hydrolysis) is 1. The van der Waals surface area contributed by atoms with Gasteiger partial charge >= 0.3 is 12.1 Å². The van der Waals surface area contributed by atoms with Crippen LogP contribution in [0.15, 0.2) is 0 Å². The molecule has 20 heavy (non-hydrogen) atoms. The van der Waals surface area contributed by atoms with Gasteiger partial charge in [-0.05, 0) is 44.9 Å². The summed E-state index contributed by atoms with van der Waals surface area (Å²) < 4.78 is 5.26. The van der Waals surface area contributed by atoms with E-state index in [4.69, 9.17) is 4.74 Å². The predicted octanol–water partition coefficient (Wildman–Crippen LogP) is 3.04. The van der Waals surface area contributed by atoms with Gasteiger partial charge in [-0.25, -0.2) is 4.79 Å². The van der Waals surface area contributed by atoms with Gasteiger partial charge in [-0.2, -0.15) is 0 Å². The second kappa shape index (κ2) is 5.62. The lowest BCUT2D eigenvalue weighted by Crippen LogP contribution is -2.53. The van der Waals surface area contributed by atoms with Crippen molar-refractivity contribution in [3.05, 3.63) is 0 Å². The van der Waals surface area contributed by atoms with Crippen LogP contribution in [0.4, 0.5) is 4.79 Å². The molecule has 0 saturated heterocycles. The van der Waals surface area contributed by atoms with Gasteiger partial charge < -0.3 is 15.2 Å². The average molecular weight is 285 g/mol. The van der Waals surface area contributed by atoms with Crippen LogP contribution in [0.3, 0.4) is 0 Å². The Bertz CT molecular complexity index is 384. The van der Waals surface area contributed by atoms with Crippen molar-refractivity contribution in [3.63, 3.8) is 0 Å². The Kier molecular flexibility index (Phi) is 4.72. The molecule has 5 heteroatoms. The molecule has 3 unspecified atom stereocenters. The lowest BCUT2D eigenvalue weighted by Gasteiger charge is -2.46. The molecule has 0 aromatic rings. The number of ether oxygens (including phenoxy) is 1. The average Bonchev–Trinajstić information content (AvgIpc) is 2.21. The largest absolute Gasteiger partial charge is 0.481 e. The number of carboxylic acids is 1. The minimum atomic E-state index is -0.752. The Morgan fingerprint density at radius 1 is 1.25 bits per heavy atom. The molecule has 5 nitrogen and oxygen atoms in total. The first-order valence-electron chi connectivity index (χ1n) is 7.17. The van der Waals surface area contributed by atoms with Crippen LogP contribution < -0.4 is 5.32 Å². The number of carboxylic acid groups (broad SMARTS) is 1. The zero-order chi connectivity index (χ0) is 15.7. The highest BCUT2D eigenvalue weighted by Crippen LogP contribution is 2.45. The maximum atomic E-state index is 11.8. The Balaban J connectivity index is 2.71. The van der Waals surface area contributed by atoms with E-state index in [-0.39, 0.29) is 23.3 Å². The van der Waals surface area contributed by atoms with Crippen LogP contribution in [0.2, 0.25) is 0 Å². The predicted molar refractivity (Wildman–Crippen MR) is 76.5 cm³/mol. The fourth-order valence-electron chi connectivity index (χ4n) is 2.90. The third kappa shape index (κ3) is 3.87. The van der Waals surface area contributed by atoms with E-state index in [0.29, 0.717) is 12.8 Å². The van der Waals surface area contributed by atoms with Gasteiger partial charge in [0.2, 0.25) is 0 Å². The molecule has 3 atom stereocenters. The van der Waals surface area contributed by atoms with E-state index in [2.05, 4.69) is 5.32 Å². The van der Waals surface area contributed by atoms with Gasteiger partial charge in [0, 0.05) is 6.04 Å².